The molecule has 1 N–H and O–H groups in total. The molecule has 0 atom stereocenters. The molecule has 0 saturated heterocycles. The largest absolute Gasteiger partial charge is 0.549 e. The van der Waals surface area contributed by atoms with Crippen molar-refractivity contribution < 1.29 is 9.53 Å². The van der Waals surface area contributed by atoms with Crippen LogP contribution in [0.4, 0.5) is 0 Å². The molecule has 0 aromatic carbocycles. The van der Waals surface area contributed by atoms with Gasteiger partial charge in [0.05, 0.1) is 12.9 Å². The zero-order chi connectivity index (χ0) is 9.83. The molecule has 0 aliphatic heterocycles. The van der Waals surface area contributed by atoms with Gasteiger partial charge in [0.1, 0.15) is 0 Å². The Morgan fingerprint density at radius 1 is 1.33 bits per heavy atom. The fraction of sp³-hybridized carbons (Fsp3) is 0.778. The van der Waals surface area contributed by atoms with Crippen LogP contribution in [-0.2, 0) is 4.43 Å². The van der Waals surface area contributed by atoms with Crippen LogP contribution in [0, 0.1) is 0 Å². The Kier molecular flexibility index (Phi) is 4.00. The first kappa shape index (κ1) is 11.7. The first-order chi connectivity index (χ1) is 5.31. The van der Waals surface area contributed by atoms with Crippen molar-refractivity contribution in [3.8, 4) is 0 Å². The normalized spacial score (nSPS) is 13.8. The van der Waals surface area contributed by atoms with E-state index in [1.165, 1.54) is 0 Å². The third-order valence-corrected chi connectivity index (χ3v) is 6.71. The van der Waals surface area contributed by atoms with Crippen LogP contribution < -0.4 is 0 Å². The molecule has 0 saturated carbocycles. The Morgan fingerprint density at radius 3 is 2.17 bits per heavy atom. The van der Waals surface area contributed by atoms with E-state index < -0.39 is 8.32 Å². The molecule has 0 amide bonds. The topological polar surface area (TPSA) is 29.5 Å². The van der Waals surface area contributed by atoms with Crippen LogP contribution in [0.2, 0.25) is 18.1 Å². The molecule has 72 valence electrons. The average molecular weight is 188 g/mol. The molecule has 0 rings (SSSR count). The summed E-state index contributed by atoms with van der Waals surface area (Å²) >= 11 is 0. The molecule has 0 aromatic rings. The molecule has 3 heteroatoms. The summed E-state index contributed by atoms with van der Waals surface area (Å²) in [5.41, 5.74) is 0. The fourth-order valence-electron chi connectivity index (χ4n) is 0.438. The van der Waals surface area contributed by atoms with E-state index in [0.29, 0.717) is 0 Å². The Labute approximate surface area is 76.4 Å². The molecular weight excluding hydrogens is 168 g/mol. The molecule has 0 aliphatic rings. The molecule has 12 heavy (non-hydrogen) atoms. The van der Waals surface area contributed by atoms with Crippen molar-refractivity contribution in [2.45, 2.75) is 38.9 Å². The van der Waals surface area contributed by atoms with Gasteiger partial charge in [-0.25, -0.2) is 0 Å². The summed E-state index contributed by atoms with van der Waals surface area (Å²) in [6.45, 7) is 11.0. The van der Waals surface area contributed by atoms with Crippen LogP contribution in [0.3, 0.4) is 0 Å². The first-order valence-corrected chi connectivity index (χ1v) is 7.16. The van der Waals surface area contributed by atoms with Gasteiger partial charge in [0, 0.05) is 0 Å². The Morgan fingerprint density at radius 2 is 1.83 bits per heavy atom. The summed E-state index contributed by atoms with van der Waals surface area (Å²) < 4.78 is 5.63. The molecule has 2 nitrogen and oxygen atoms in total. The Balaban J connectivity index is 4.14. The van der Waals surface area contributed by atoms with Crippen LogP contribution in [0.1, 0.15) is 20.8 Å². The molecule has 0 unspecified atom stereocenters. The van der Waals surface area contributed by atoms with E-state index in [0.717, 1.165) is 0 Å². The minimum atomic E-state index is -1.64. The quantitative estimate of drug-likeness (QED) is 0.545. The second-order valence-corrected chi connectivity index (χ2v) is 9.19. The predicted molar refractivity (Wildman–Crippen MR) is 54.5 cm³/mol. The van der Waals surface area contributed by atoms with Crippen LogP contribution in [0.25, 0.3) is 0 Å². The molecule has 0 fully saturated rings. The van der Waals surface area contributed by atoms with E-state index in [1.54, 1.807) is 12.3 Å². The summed E-state index contributed by atoms with van der Waals surface area (Å²) in [5, 5.41) is 8.74. The second kappa shape index (κ2) is 4.10. The highest BCUT2D eigenvalue weighted by molar-refractivity contribution is 6.74. The maximum absolute atomic E-state index is 8.51. The van der Waals surface area contributed by atoms with Gasteiger partial charge in [-0.05, 0) is 24.2 Å². The van der Waals surface area contributed by atoms with Gasteiger partial charge in [0.2, 0.25) is 8.32 Å². The average Bonchev–Trinajstić information content (AvgIpc) is 1.85. The first-order valence-electron chi connectivity index (χ1n) is 4.25. The van der Waals surface area contributed by atoms with Gasteiger partial charge in [0.15, 0.2) is 0 Å². The highest BCUT2D eigenvalue weighted by Gasteiger charge is 2.37. The predicted octanol–water partition coefficient (Wildman–Crippen LogP) is 2.51. The zero-order valence-electron chi connectivity index (χ0n) is 8.72. The van der Waals surface area contributed by atoms with Gasteiger partial charge in [0.25, 0.3) is 0 Å². The second-order valence-electron chi connectivity index (χ2n) is 4.43. The van der Waals surface area contributed by atoms with Crippen molar-refractivity contribution in [2.24, 2.45) is 0 Å². The lowest BCUT2D eigenvalue weighted by Gasteiger charge is -2.34. The summed E-state index contributed by atoms with van der Waals surface area (Å²) in [7, 11) is -1.64. The van der Waals surface area contributed by atoms with E-state index in [1.807, 2.05) is 0 Å². The van der Waals surface area contributed by atoms with Crippen LogP contribution >= 0.6 is 0 Å². The van der Waals surface area contributed by atoms with E-state index >= 15 is 0 Å². The number of aliphatic hydroxyl groups excluding tert-OH is 1. The molecule has 0 aliphatic carbocycles. The van der Waals surface area contributed by atoms with E-state index in [-0.39, 0.29) is 11.6 Å². The van der Waals surface area contributed by atoms with E-state index in [9.17, 15) is 0 Å². The van der Waals surface area contributed by atoms with E-state index in [2.05, 4.69) is 33.9 Å². The zero-order valence-corrected chi connectivity index (χ0v) is 9.72. The number of hydrogen-bond donors (Lipinski definition) is 1. The molecule has 0 heterocycles. The van der Waals surface area contributed by atoms with Gasteiger partial charge in [-0.15, -0.1) is 0 Å². The third-order valence-electron chi connectivity index (χ3n) is 2.37. The SMILES string of the molecule is CC(C)(C)[Si](C)(C)OC=CCO. The summed E-state index contributed by atoms with van der Waals surface area (Å²) in [6.07, 6.45) is 3.25. The standard InChI is InChI=1S/C9H20O2Si/c1-9(2,3)12(4,5)11-8-6-7-10/h6,8,10H,7H2,1-5H3. The third kappa shape index (κ3) is 3.41. The Bertz CT molecular complexity index is 156. The lowest BCUT2D eigenvalue weighted by Crippen LogP contribution is -2.39. The minimum absolute atomic E-state index is 0.0502. The van der Waals surface area contributed by atoms with Gasteiger partial charge < -0.3 is 9.53 Å². The summed E-state index contributed by atoms with van der Waals surface area (Å²) in [5.74, 6) is 0. The van der Waals surface area contributed by atoms with Crippen molar-refractivity contribution in [2.75, 3.05) is 6.61 Å². The Hall–Kier alpha value is -0.283. The van der Waals surface area contributed by atoms with E-state index in [4.69, 9.17) is 9.53 Å². The number of hydrogen-bond acceptors (Lipinski definition) is 2. The van der Waals surface area contributed by atoms with Gasteiger partial charge in [-0.3, -0.25) is 0 Å². The van der Waals surface area contributed by atoms with Crippen LogP contribution in [0.5, 0.6) is 0 Å². The summed E-state index contributed by atoms with van der Waals surface area (Å²) in [6, 6.07) is 0. The number of rotatable bonds is 3. The molecule has 0 spiro atoms. The van der Waals surface area contributed by atoms with Crippen molar-refractivity contribution in [1.82, 2.24) is 0 Å². The molecule has 0 radical (unpaired) electrons. The van der Waals surface area contributed by atoms with Crippen molar-refractivity contribution in [1.29, 1.82) is 0 Å². The van der Waals surface area contributed by atoms with Crippen molar-refractivity contribution in [3.63, 3.8) is 0 Å². The van der Waals surface area contributed by atoms with Crippen molar-refractivity contribution >= 4 is 8.32 Å². The van der Waals surface area contributed by atoms with Crippen LogP contribution in [0.15, 0.2) is 12.3 Å². The van der Waals surface area contributed by atoms with Crippen molar-refractivity contribution in [3.05, 3.63) is 12.3 Å². The summed E-state index contributed by atoms with van der Waals surface area (Å²) in [4.78, 5) is 0. The van der Waals surface area contributed by atoms with Crippen LogP contribution in [-0.4, -0.2) is 20.0 Å². The maximum Gasteiger partial charge on any atom is 0.249 e. The minimum Gasteiger partial charge on any atom is -0.549 e. The number of aliphatic hydroxyl groups is 1. The fourth-order valence-corrected chi connectivity index (χ4v) is 1.23. The lowest BCUT2D eigenvalue weighted by atomic mass is 10.2. The van der Waals surface area contributed by atoms with Gasteiger partial charge in [-0.2, -0.15) is 0 Å². The van der Waals surface area contributed by atoms with Gasteiger partial charge >= 0.3 is 0 Å². The molecular formula is C9H20O2Si. The monoisotopic (exact) mass is 188 g/mol. The smallest absolute Gasteiger partial charge is 0.249 e. The molecule has 0 bridgehead atoms. The van der Waals surface area contributed by atoms with Gasteiger partial charge in [-0.1, -0.05) is 20.8 Å². The lowest BCUT2D eigenvalue weighted by molar-refractivity contribution is 0.336. The highest BCUT2D eigenvalue weighted by Crippen LogP contribution is 2.36. The molecule has 0 aromatic heterocycles. The highest BCUT2D eigenvalue weighted by atomic mass is 28.4. The maximum atomic E-state index is 8.51.